The fraction of sp³-hybridized carbons (Fsp3) is 0.200. The Bertz CT molecular complexity index is 580. The van der Waals surface area contributed by atoms with Gasteiger partial charge in [-0.25, -0.2) is 0 Å². The molecular weight excluding hydrogens is 288 g/mol. The minimum Gasteiger partial charge on any atom is -0.341 e. The summed E-state index contributed by atoms with van der Waals surface area (Å²) in [5.41, 5.74) is 10.9. The predicted octanol–water partition coefficient (Wildman–Crippen LogP) is 3.60. The highest BCUT2D eigenvalue weighted by molar-refractivity contribution is 9.10. The van der Waals surface area contributed by atoms with Crippen LogP contribution in [-0.4, -0.2) is 6.54 Å². The molecule has 0 spiro atoms. The Labute approximate surface area is 116 Å². The molecule has 1 heterocycles. The van der Waals surface area contributed by atoms with Gasteiger partial charge in [-0.3, -0.25) is 0 Å². The van der Waals surface area contributed by atoms with Crippen molar-refractivity contribution in [3.8, 4) is 0 Å². The van der Waals surface area contributed by atoms with E-state index in [-0.39, 0.29) is 0 Å². The Balaban J connectivity index is 2.04. The highest BCUT2D eigenvalue weighted by Crippen LogP contribution is 2.35. The van der Waals surface area contributed by atoms with E-state index >= 15 is 0 Å². The molecule has 2 aromatic carbocycles. The monoisotopic (exact) mass is 302 g/mol. The van der Waals surface area contributed by atoms with Crippen molar-refractivity contribution in [2.24, 2.45) is 5.73 Å². The average Bonchev–Trinajstić information content (AvgIpc) is 2.81. The number of nitrogens with two attached hydrogens (primary N) is 1. The van der Waals surface area contributed by atoms with Crippen LogP contribution in [0.2, 0.25) is 0 Å². The van der Waals surface area contributed by atoms with Gasteiger partial charge >= 0.3 is 0 Å². The summed E-state index contributed by atoms with van der Waals surface area (Å²) >= 11 is 3.56. The first-order chi connectivity index (χ1) is 8.78. The third kappa shape index (κ3) is 2.04. The van der Waals surface area contributed by atoms with E-state index in [1.165, 1.54) is 16.9 Å². The second-order valence-electron chi connectivity index (χ2n) is 4.55. The van der Waals surface area contributed by atoms with E-state index < -0.39 is 0 Å². The molecule has 2 aromatic rings. The van der Waals surface area contributed by atoms with Crippen molar-refractivity contribution in [2.45, 2.75) is 13.0 Å². The number of anilines is 2. The van der Waals surface area contributed by atoms with Gasteiger partial charge in [0.2, 0.25) is 0 Å². The van der Waals surface area contributed by atoms with Gasteiger partial charge in [-0.2, -0.15) is 0 Å². The second kappa shape index (κ2) is 4.75. The Morgan fingerprint density at radius 1 is 1.17 bits per heavy atom. The van der Waals surface area contributed by atoms with Gasteiger partial charge in [-0.15, -0.1) is 0 Å². The van der Waals surface area contributed by atoms with Crippen LogP contribution in [0.25, 0.3) is 0 Å². The van der Waals surface area contributed by atoms with Crippen LogP contribution in [0.1, 0.15) is 11.1 Å². The van der Waals surface area contributed by atoms with Crippen LogP contribution < -0.4 is 10.6 Å². The van der Waals surface area contributed by atoms with Crippen LogP contribution in [0.5, 0.6) is 0 Å². The quantitative estimate of drug-likeness (QED) is 0.918. The zero-order chi connectivity index (χ0) is 12.5. The number of benzene rings is 2. The fourth-order valence-electron chi connectivity index (χ4n) is 2.51. The van der Waals surface area contributed by atoms with Crippen molar-refractivity contribution in [3.63, 3.8) is 0 Å². The van der Waals surface area contributed by atoms with Gasteiger partial charge in [0.05, 0.1) is 0 Å². The van der Waals surface area contributed by atoms with Crippen LogP contribution in [-0.2, 0) is 13.0 Å². The van der Waals surface area contributed by atoms with Crippen molar-refractivity contribution in [3.05, 3.63) is 58.1 Å². The summed E-state index contributed by atoms with van der Waals surface area (Å²) in [6.45, 7) is 1.61. The third-order valence-electron chi connectivity index (χ3n) is 3.38. The molecule has 2 nitrogen and oxygen atoms in total. The number of rotatable bonds is 2. The lowest BCUT2D eigenvalue weighted by atomic mass is 10.1. The van der Waals surface area contributed by atoms with Crippen molar-refractivity contribution >= 4 is 27.3 Å². The molecule has 0 saturated carbocycles. The molecule has 0 unspecified atom stereocenters. The molecule has 92 valence electrons. The van der Waals surface area contributed by atoms with E-state index in [0.29, 0.717) is 6.54 Å². The molecule has 3 rings (SSSR count). The van der Waals surface area contributed by atoms with Gasteiger partial charge in [0, 0.05) is 28.9 Å². The van der Waals surface area contributed by atoms with E-state index in [9.17, 15) is 0 Å². The van der Waals surface area contributed by atoms with Crippen LogP contribution in [0.3, 0.4) is 0 Å². The Kier molecular flexibility index (Phi) is 3.10. The SMILES string of the molecule is NCc1cc(Br)cc(N2CCc3ccccc32)c1. The maximum atomic E-state index is 5.74. The highest BCUT2D eigenvalue weighted by Gasteiger charge is 2.20. The van der Waals surface area contributed by atoms with Crippen LogP contribution in [0.4, 0.5) is 11.4 Å². The third-order valence-corrected chi connectivity index (χ3v) is 3.83. The normalized spacial score (nSPS) is 13.8. The van der Waals surface area contributed by atoms with Crippen molar-refractivity contribution in [2.75, 3.05) is 11.4 Å². The predicted molar refractivity (Wildman–Crippen MR) is 79.2 cm³/mol. The average molecular weight is 303 g/mol. The summed E-state index contributed by atoms with van der Waals surface area (Å²) in [4.78, 5) is 2.36. The summed E-state index contributed by atoms with van der Waals surface area (Å²) in [6, 6.07) is 15.0. The summed E-state index contributed by atoms with van der Waals surface area (Å²) in [6.07, 6.45) is 1.11. The molecule has 0 bridgehead atoms. The fourth-order valence-corrected chi connectivity index (χ4v) is 3.04. The molecular formula is C15H15BrN2. The standard InChI is InChI=1S/C15H15BrN2/c16-13-7-11(10-17)8-14(9-13)18-6-5-12-3-1-2-4-15(12)18/h1-4,7-9H,5-6,10,17H2. The summed E-state index contributed by atoms with van der Waals surface area (Å²) < 4.78 is 1.09. The lowest BCUT2D eigenvalue weighted by Crippen LogP contribution is -2.13. The molecule has 2 N–H and O–H groups in total. The Morgan fingerprint density at radius 3 is 2.83 bits per heavy atom. The minimum absolute atomic E-state index is 0.571. The number of hydrogen-bond acceptors (Lipinski definition) is 2. The van der Waals surface area contributed by atoms with Gasteiger partial charge in [0.15, 0.2) is 0 Å². The number of nitrogens with zero attached hydrogens (tertiary/aromatic N) is 1. The lowest BCUT2D eigenvalue weighted by Gasteiger charge is -2.20. The molecule has 1 aliphatic heterocycles. The molecule has 3 heteroatoms. The molecule has 18 heavy (non-hydrogen) atoms. The molecule has 0 saturated heterocycles. The zero-order valence-corrected chi connectivity index (χ0v) is 11.7. The molecule has 0 radical (unpaired) electrons. The molecule has 0 atom stereocenters. The Morgan fingerprint density at radius 2 is 2.00 bits per heavy atom. The maximum Gasteiger partial charge on any atom is 0.0444 e. The zero-order valence-electron chi connectivity index (χ0n) is 10.1. The summed E-state index contributed by atoms with van der Waals surface area (Å²) in [7, 11) is 0. The van der Waals surface area contributed by atoms with E-state index in [1.807, 2.05) is 0 Å². The van der Waals surface area contributed by atoms with E-state index in [0.717, 1.165) is 23.0 Å². The van der Waals surface area contributed by atoms with Gasteiger partial charge in [-0.05, 0) is 41.8 Å². The number of fused-ring (bicyclic) bond motifs is 1. The van der Waals surface area contributed by atoms with Crippen LogP contribution in [0.15, 0.2) is 46.9 Å². The molecule has 0 amide bonds. The van der Waals surface area contributed by atoms with Crippen LogP contribution >= 0.6 is 15.9 Å². The second-order valence-corrected chi connectivity index (χ2v) is 5.47. The van der Waals surface area contributed by atoms with Crippen LogP contribution in [0, 0.1) is 0 Å². The van der Waals surface area contributed by atoms with Gasteiger partial charge in [0.25, 0.3) is 0 Å². The first kappa shape index (κ1) is 11.8. The van der Waals surface area contributed by atoms with E-state index in [4.69, 9.17) is 5.73 Å². The Hall–Kier alpha value is -1.32. The maximum absolute atomic E-state index is 5.74. The van der Waals surface area contributed by atoms with Gasteiger partial charge < -0.3 is 10.6 Å². The first-order valence-electron chi connectivity index (χ1n) is 6.13. The molecule has 0 aliphatic carbocycles. The lowest BCUT2D eigenvalue weighted by molar-refractivity contribution is 0.990. The van der Waals surface area contributed by atoms with Crippen molar-refractivity contribution < 1.29 is 0 Å². The smallest absolute Gasteiger partial charge is 0.0444 e. The van der Waals surface area contributed by atoms with Gasteiger partial charge in [-0.1, -0.05) is 34.1 Å². The number of halogens is 1. The first-order valence-corrected chi connectivity index (χ1v) is 6.92. The van der Waals surface area contributed by atoms with Crippen molar-refractivity contribution in [1.29, 1.82) is 0 Å². The molecule has 0 fully saturated rings. The number of hydrogen-bond donors (Lipinski definition) is 1. The largest absolute Gasteiger partial charge is 0.341 e. The molecule has 1 aliphatic rings. The number of para-hydroxylation sites is 1. The summed E-state index contributed by atoms with van der Waals surface area (Å²) in [5, 5.41) is 0. The highest BCUT2D eigenvalue weighted by atomic mass is 79.9. The van der Waals surface area contributed by atoms with E-state index in [2.05, 4.69) is 63.3 Å². The topological polar surface area (TPSA) is 29.3 Å². The molecule has 0 aromatic heterocycles. The van der Waals surface area contributed by atoms with Crippen molar-refractivity contribution in [1.82, 2.24) is 0 Å². The van der Waals surface area contributed by atoms with E-state index in [1.54, 1.807) is 0 Å². The summed E-state index contributed by atoms with van der Waals surface area (Å²) in [5.74, 6) is 0. The van der Waals surface area contributed by atoms with Gasteiger partial charge in [0.1, 0.15) is 0 Å². The minimum atomic E-state index is 0.571.